The summed E-state index contributed by atoms with van der Waals surface area (Å²) in [6, 6.07) is 7.56. The van der Waals surface area contributed by atoms with Crippen LogP contribution in [0.25, 0.3) is 0 Å². The van der Waals surface area contributed by atoms with E-state index in [1.807, 2.05) is 0 Å². The maximum atomic E-state index is 13.3. The summed E-state index contributed by atoms with van der Waals surface area (Å²) in [6.07, 6.45) is 2.79. The van der Waals surface area contributed by atoms with Gasteiger partial charge in [0.05, 0.1) is 18.8 Å². The third kappa shape index (κ3) is 5.98. The molecule has 0 radical (unpaired) electrons. The summed E-state index contributed by atoms with van der Waals surface area (Å²) in [5.74, 6) is -0.888. The number of anilines is 1. The number of nitrogens with zero attached hydrogens (tertiary/aromatic N) is 1. The molecule has 0 spiro atoms. The van der Waals surface area contributed by atoms with Gasteiger partial charge in [0.15, 0.2) is 5.78 Å². The van der Waals surface area contributed by atoms with E-state index in [-0.39, 0.29) is 23.5 Å². The fourth-order valence-electron chi connectivity index (χ4n) is 3.29. The monoisotopic (exact) mass is 518 g/mol. The zero-order valence-corrected chi connectivity index (χ0v) is 20.2. The zero-order chi connectivity index (χ0) is 24.3. The van der Waals surface area contributed by atoms with Crippen LogP contribution < -0.4 is 10.1 Å². The minimum atomic E-state index is -0.686. The fourth-order valence-corrected chi connectivity index (χ4v) is 3.73. The largest absolute Gasteiger partial charge is 0.496 e. The molecule has 33 heavy (non-hydrogen) atoms. The van der Waals surface area contributed by atoms with Crippen LogP contribution in [0.15, 0.2) is 53.1 Å². The number of methoxy groups -OCH3 is 1. The molecule has 3 rings (SSSR count). The highest BCUT2D eigenvalue weighted by Crippen LogP contribution is 2.34. The number of hydrogen-bond acceptors (Lipinski definition) is 5. The van der Waals surface area contributed by atoms with E-state index in [9.17, 15) is 18.8 Å². The van der Waals surface area contributed by atoms with Crippen molar-refractivity contribution in [3.63, 3.8) is 0 Å². The first-order chi connectivity index (χ1) is 15.5. The molecule has 2 aromatic carbocycles. The number of esters is 1. The molecular formula is C24H24BrFN2O5. The van der Waals surface area contributed by atoms with Crippen molar-refractivity contribution in [3.05, 3.63) is 70.1 Å². The number of halogens is 2. The Hall–Kier alpha value is -3.20. The molecule has 1 atom stereocenters. The van der Waals surface area contributed by atoms with Crippen molar-refractivity contribution in [2.75, 3.05) is 12.4 Å². The highest BCUT2D eigenvalue weighted by Gasteiger charge is 2.30. The number of allylic oxidation sites excluding steroid dienone is 1. The number of carbonyl (C=O) groups excluding carboxylic acids is 3. The molecule has 1 aliphatic rings. The average Bonchev–Trinajstić information content (AvgIpc) is 2.74. The molecule has 9 heteroatoms. The van der Waals surface area contributed by atoms with Crippen molar-refractivity contribution in [1.29, 1.82) is 0 Å². The van der Waals surface area contributed by atoms with E-state index < -0.39 is 29.5 Å². The second-order valence-electron chi connectivity index (χ2n) is 8.43. The van der Waals surface area contributed by atoms with Gasteiger partial charge in [0, 0.05) is 23.2 Å². The lowest BCUT2D eigenvalue weighted by atomic mass is 9.97. The third-order valence-electron chi connectivity index (χ3n) is 4.79. The second-order valence-corrected chi connectivity index (χ2v) is 9.28. The molecule has 0 unspecified atom stereocenters. The van der Waals surface area contributed by atoms with E-state index in [2.05, 4.69) is 21.2 Å². The molecular weight excluding hydrogens is 495 g/mol. The quantitative estimate of drug-likeness (QED) is 0.531. The maximum absolute atomic E-state index is 13.3. The van der Waals surface area contributed by atoms with Crippen molar-refractivity contribution in [1.82, 2.24) is 4.90 Å². The standard InChI is InChI=1S/C24H24BrFN2O5/c1-24(2,3)33-22(30)17-12-18(25)19(13-21(17)32-4)27-23(31)28-10-9-16(29)11-20(28)14-5-7-15(26)8-6-14/h5-10,12-13,20H,11H2,1-4H3,(H,27,31)/t20-/m0/s1. The van der Waals surface area contributed by atoms with Crippen LogP contribution in [0.4, 0.5) is 14.9 Å². The number of hydrogen-bond donors (Lipinski definition) is 1. The molecule has 0 aromatic heterocycles. The molecule has 0 saturated carbocycles. The van der Waals surface area contributed by atoms with Crippen LogP contribution in [0.2, 0.25) is 0 Å². The SMILES string of the molecule is COc1cc(NC(=O)N2C=CC(=O)C[C@H]2c2ccc(F)cc2)c(Br)cc1C(=O)OC(C)(C)C. The number of carbonyl (C=O) groups is 3. The summed E-state index contributed by atoms with van der Waals surface area (Å²) in [5, 5.41) is 2.77. The zero-order valence-electron chi connectivity index (χ0n) is 18.6. The lowest BCUT2D eigenvalue weighted by molar-refractivity contribution is -0.116. The van der Waals surface area contributed by atoms with E-state index in [4.69, 9.17) is 9.47 Å². The molecule has 2 aromatic rings. The number of ether oxygens (including phenoxy) is 2. The topological polar surface area (TPSA) is 84.9 Å². The van der Waals surface area contributed by atoms with Crippen molar-refractivity contribution in [3.8, 4) is 5.75 Å². The molecule has 1 N–H and O–H groups in total. The predicted octanol–water partition coefficient (Wildman–Crippen LogP) is 5.61. The maximum Gasteiger partial charge on any atom is 0.342 e. The summed E-state index contributed by atoms with van der Waals surface area (Å²) in [5.41, 5.74) is 0.493. The molecule has 1 heterocycles. The summed E-state index contributed by atoms with van der Waals surface area (Å²) in [4.78, 5) is 39.0. The van der Waals surface area contributed by atoms with Gasteiger partial charge in [-0.25, -0.2) is 14.0 Å². The van der Waals surface area contributed by atoms with Gasteiger partial charge < -0.3 is 14.8 Å². The van der Waals surface area contributed by atoms with Crippen LogP contribution in [0.3, 0.4) is 0 Å². The van der Waals surface area contributed by atoms with Crippen molar-refractivity contribution < 1.29 is 28.2 Å². The fraction of sp³-hybridized carbons (Fsp3) is 0.292. The summed E-state index contributed by atoms with van der Waals surface area (Å²) < 4.78 is 24.5. The number of urea groups is 1. The average molecular weight is 519 g/mol. The lowest BCUT2D eigenvalue weighted by Crippen LogP contribution is -2.37. The normalized spacial score (nSPS) is 15.9. The van der Waals surface area contributed by atoms with E-state index in [1.165, 1.54) is 48.6 Å². The van der Waals surface area contributed by atoms with Crippen LogP contribution >= 0.6 is 15.9 Å². The van der Waals surface area contributed by atoms with E-state index >= 15 is 0 Å². The van der Waals surface area contributed by atoms with Crippen molar-refractivity contribution >= 4 is 39.4 Å². The molecule has 2 amide bonds. The molecule has 0 fully saturated rings. The Morgan fingerprint density at radius 1 is 1.18 bits per heavy atom. The van der Waals surface area contributed by atoms with Gasteiger partial charge in [-0.1, -0.05) is 12.1 Å². The Bertz CT molecular complexity index is 1110. The van der Waals surface area contributed by atoms with Gasteiger partial charge >= 0.3 is 12.0 Å². The number of amides is 2. The first kappa shape index (κ1) is 24.4. The van der Waals surface area contributed by atoms with Gasteiger partial charge in [0.2, 0.25) is 0 Å². The highest BCUT2D eigenvalue weighted by atomic mass is 79.9. The van der Waals surface area contributed by atoms with Crippen LogP contribution in [0.1, 0.15) is 49.2 Å². The van der Waals surface area contributed by atoms with Crippen LogP contribution in [0.5, 0.6) is 5.75 Å². The van der Waals surface area contributed by atoms with Gasteiger partial charge in [-0.3, -0.25) is 9.69 Å². The van der Waals surface area contributed by atoms with Gasteiger partial charge in [-0.05, 0) is 66.5 Å². The first-order valence-electron chi connectivity index (χ1n) is 10.1. The molecule has 0 aliphatic carbocycles. The number of ketones is 1. The van der Waals surface area contributed by atoms with Crippen molar-refractivity contribution in [2.24, 2.45) is 0 Å². The Morgan fingerprint density at radius 3 is 2.45 bits per heavy atom. The van der Waals surface area contributed by atoms with Crippen LogP contribution in [-0.4, -0.2) is 35.4 Å². The Kier molecular flexibility index (Phi) is 7.22. The predicted molar refractivity (Wildman–Crippen MR) is 125 cm³/mol. The smallest absolute Gasteiger partial charge is 0.342 e. The Labute approximate surface area is 199 Å². The van der Waals surface area contributed by atoms with Crippen LogP contribution in [0, 0.1) is 5.82 Å². The minimum Gasteiger partial charge on any atom is -0.496 e. The molecule has 0 saturated heterocycles. The molecule has 0 bridgehead atoms. The first-order valence-corrected chi connectivity index (χ1v) is 10.9. The molecule has 1 aliphatic heterocycles. The van der Waals surface area contributed by atoms with Gasteiger partial charge in [-0.2, -0.15) is 0 Å². The number of nitrogens with one attached hydrogen (secondary N) is 1. The molecule has 174 valence electrons. The highest BCUT2D eigenvalue weighted by molar-refractivity contribution is 9.10. The molecule has 7 nitrogen and oxygen atoms in total. The Morgan fingerprint density at radius 2 is 1.85 bits per heavy atom. The van der Waals surface area contributed by atoms with Crippen LogP contribution in [-0.2, 0) is 9.53 Å². The van der Waals surface area contributed by atoms with Gasteiger partial charge in [-0.15, -0.1) is 0 Å². The summed E-state index contributed by atoms with van der Waals surface area (Å²) in [6.45, 7) is 5.28. The van der Waals surface area contributed by atoms with E-state index in [0.29, 0.717) is 15.7 Å². The summed E-state index contributed by atoms with van der Waals surface area (Å²) >= 11 is 3.38. The summed E-state index contributed by atoms with van der Waals surface area (Å²) in [7, 11) is 1.41. The van der Waals surface area contributed by atoms with Gasteiger partial charge in [0.25, 0.3) is 0 Å². The number of rotatable bonds is 4. The third-order valence-corrected chi connectivity index (χ3v) is 5.45. The van der Waals surface area contributed by atoms with Gasteiger partial charge in [0.1, 0.15) is 22.7 Å². The second kappa shape index (κ2) is 9.74. The van der Waals surface area contributed by atoms with E-state index in [1.54, 1.807) is 32.9 Å². The lowest BCUT2D eigenvalue weighted by Gasteiger charge is -2.31. The van der Waals surface area contributed by atoms with E-state index in [0.717, 1.165) is 0 Å². The van der Waals surface area contributed by atoms with Crippen molar-refractivity contribution in [2.45, 2.75) is 38.8 Å². The minimum absolute atomic E-state index is 0.0671. The number of benzene rings is 2. The Balaban J connectivity index is 1.87.